The molecular formula is C30H40O6. The summed E-state index contributed by atoms with van der Waals surface area (Å²) in [5.41, 5.74) is 1.34. The van der Waals surface area contributed by atoms with Gasteiger partial charge in [-0.15, -0.1) is 0 Å². The van der Waals surface area contributed by atoms with Crippen molar-refractivity contribution in [3.8, 4) is 0 Å². The van der Waals surface area contributed by atoms with E-state index in [1.807, 2.05) is 33.8 Å². The predicted octanol–water partition coefficient (Wildman–Crippen LogP) is 5.02. The minimum absolute atomic E-state index is 0.134. The minimum Gasteiger partial charge on any atom is -0.459 e. The van der Waals surface area contributed by atoms with Gasteiger partial charge in [-0.3, -0.25) is 9.59 Å². The summed E-state index contributed by atoms with van der Waals surface area (Å²) in [6.07, 6.45) is 10.1. The van der Waals surface area contributed by atoms with Gasteiger partial charge in [-0.25, -0.2) is 4.79 Å². The van der Waals surface area contributed by atoms with Crippen molar-refractivity contribution in [1.29, 1.82) is 0 Å². The molecule has 0 unspecified atom stereocenters. The Morgan fingerprint density at radius 2 is 1.94 bits per heavy atom. The van der Waals surface area contributed by atoms with Gasteiger partial charge in [-0.2, -0.15) is 0 Å². The van der Waals surface area contributed by atoms with E-state index in [1.165, 1.54) is 17.2 Å². The number of rotatable bonds is 5. The van der Waals surface area contributed by atoms with Gasteiger partial charge in [0.05, 0.1) is 22.9 Å². The zero-order valence-corrected chi connectivity index (χ0v) is 22.4. The molecule has 6 heteroatoms. The molecule has 1 saturated heterocycles. The Labute approximate surface area is 214 Å². The summed E-state index contributed by atoms with van der Waals surface area (Å²) < 4.78 is 12.1. The molecule has 3 aliphatic carbocycles. The van der Waals surface area contributed by atoms with E-state index in [0.29, 0.717) is 12.8 Å². The van der Waals surface area contributed by atoms with E-state index in [-0.39, 0.29) is 23.6 Å². The number of carbonyl (C=O) groups is 3. The molecule has 1 heterocycles. The highest BCUT2D eigenvalue weighted by molar-refractivity contribution is 5.99. The second kappa shape index (κ2) is 9.77. The highest BCUT2D eigenvalue weighted by atomic mass is 16.6. The number of hydrogen-bond acceptors (Lipinski definition) is 6. The number of ether oxygens (including phenoxy) is 2. The fraction of sp³-hybridized carbons (Fsp3) is 0.633. The summed E-state index contributed by atoms with van der Waals surface area (Å²) in [4.78, 5) is 39.9. The van der Waals surface area contributed by atoms with Gasteiger partial charge in [0.1, 0.15) is 12.2 Å². The van der Waals surface area contributed by atoms with Gasteiger partial charge >= 0.3 is 11.9 Å². The van der Waals surface area contributed by atoms with Crippen LogP contribution in [0.4, 0.5) is 0 Å². The Balaban J connectivity index is 1.77. The van der Waals surface area contributed by atoms with Crippen molar-refractivity contribution in [2.45, 2.75) is 92.0 Å². The van der Waals surface area contributed by atoms with Crippen LogP contribution in [0.15, 0.2) is 47.1 Å². The average molecular weight is 497 g/mol. The summed E-state index contributed by atoms with van der Waals surface area (Å²) >= 11 is 0. The third-order valence-corrected chi connectivity index (χ3v) is 8.99. The Morgan fingerprint density at radius 3 is 2.56 bits per heavy atom. The molecule has 2 fully saturated rings. The SMILES string of the molecule is CC(C)=CCCC1=CC[C@@]2(CC1)C(=O)O[C@@H]1[C@H](O)[C@@H](C)[C@@H]3C=CC(=O)[C@]3(C)[C@@H](OC(=O)C=C(C)C)[C@@H]12. The molecular weight excluding hydrogens is 456 g/mol. The van der Waals surface area contributed by atoms with Crippen molar-refractivity contribution >= 4 is 17.7 Å². The van der Waals surface area contributed by atoms with E-state index in [2.05, 4.69) is 26.0 Å². The summed E-state index contributed by atoms with van der Waals surface area (Å²) in [6.45, 7) is 11.5. The fourth-order valence-electron chi connectivity index (χ4n) is 6.95. The minimum atomic E-state index is -1.08. The molecule has 0 radical (unpaired) electrons. The number of allylic oxidation sites excluding steroid dienone is 7. The number of carbonyl (C=O) groups excluding carboxylic acids is 3. The second-order valence-corrected chi connectivity index (χ2v) is 11.9. The van der Waals surface area contributed by atoms with Gasteiger partial charge in [0.15, 0.2) is 5.78 Å². The van der Waals surface area contributed by atoms with Gasteiger partial charge in [-0.1, -0.05) is 41.9 Å². The van der Waals surface area contributed by atoms with E-state index in [4.69, 9.17) is 9.47 Å². The fourth-order valence-corrected chi connectivity index (χ4v) is 6.95. The number of hydrogen-bond donors (Lipinski definition) is 1. The quantitative estimate of drug-likeness (QED) is 0.327. The summed E-state index contributed by atoms with van der Waals surface area (Å²) in [5.74, 6) is -2.32. The smallest absolute Gasteiger partial charge is 0.330 e. The van der Waals surface area contributed by atoms with Crippen LogP contribution in [0.3, 0.4) is 0 Å². The lowest BCUT2D eigenvalue weighted by atomic mass is 9.59. The molecule has 0 amide bonds. The van der Waals surface area contributed by atoms with Crippen LogP contribution in [0.1, 0.15) is 73.6 Å². The van der Waals surface area contributed by atoms with E-state index in [0.717, 1.165) is 24.8 Å². The largest absolute Gasteiger partial charge is 0.459 e. The Hall–Kier alpha value is -2.47. The van der Waals surface area contributed by atoms with Gasteiger partial charge < -0.3 is 14.6 Å². The summed E-state index contributed by atoms with van der Waals surface area (Å²) in [5, 5.41) is 11.4. The van der Waals surface area contributed by atoms with E-state index < -0.39 is 41.0 Å². The number of aliphatic hydroxyl groups is 1. The number of fused-ring (bicyclic) bond motifs is 3. The van der Waals surface area contributed by atoms with Crippen LogP contribution < -0.4 is 0 Å². The molecule has 1 aliphatic heterocycles. The maximum Gasteiger partial charge on any atom is 0.330 e. The zero-order chi connectivity index (χ0) is 26.4. The molecule has 36 heavy (non-hydrogen) atoms. The van der Waals surface area contributed by atoms with Crippen molar-refractivity contribution in [3.63, 3.8) is 0 Å². The first kappa shape index (κ1) is 26.6. The second-order valence-electron chi connectivity index (χ2n) is 11.9. The van der Waals surface area contributed by atoms with E-state index >= 15 is 0 Å². The van der Waals surface area contributed by atoms with Gasteiger partial charge in [-0.05, 0) is 84.6 Å². The monoisotopic (exact) mass is 496 g/mol. The first-order valence-corrected chi connectivity index (χ1v) is 13.2. The molecule has 1 saturated carbocycles. The zero-order valence-electron chi connectivity index (χ0n) is 22.4. The third-order valence-electron chi connectivity index (χ3n) is 8.99. The molecule has 0 aromatic carbocycles. The molecule has 196 valence electrons. The average Bonchev–Trinajstić information content (AvgIpc) is 3.24. The number of ketones is 1. The van der Waals surface area contributed by atoms with Crippen LogP contribution in [0, 0.1) is 28.6 Å². The first-order chi connectivity index (χ1) is 16.9. The molecule has 1 N–H and O–H groups in total. The predicted molar refractivity (Wildman–Crippen MR) is 137 cm³/mol. The molecule has 4 rings (SSSR count). The van der Waals surface area contributed by atoms with Crippen LogP contribution in [-0.4, -0.2) is 41.1 Å². The van der Waals surface area contributed by atoms with Crippen molar-refractivity contribution in [3.05, 3.63) is 47.1 Å². The van der Waals surface area contributed by atoms with Gasteiger partial charge in [0, 0.05) is 6.08 Å². The van der Waals surface area contributed by atoms with Gasteiger partial charge in [0.2, 0.25) is 0 Å². The van der Waals surface area contributed by atoms with E-state index in [9.17, 15) is 19.5 Å². The van der Waals surface area contributed by atoms with Crippen LogP contribution in [0.25, 0.3) is 0 Å². The molecule has 1 spiro atoms. The lowest BCUT2D eigenvalue weighted by Crippen LogP contribution is -2.54. The molecule has 0 aromatic heterocycles. The van der Waals surface area contributed by atoms with E-state index in [1.54, 1.807) is 6.08 Å². The number of aliphatic hydroxyl groups excluding tert-OH is 1. The standard InChI is InChI=1S/C30H40O6/c1-17(2)8-7-9-20-12-14-30(15-13-20)24-26(36-28(30)34)25(33)19(5)21-10-11-22(31)29(21,6)27(24)35-23(32)16-18(3)4/h8,10-12,16,19,21,24-27,33H,7,9,13-15H2,1-6H3/t19-,21-,24+,25+,26-,27-,29+,30-/m0/s1. The van der Waals surface area contributed by atoms with Crippen molar-refractivity contribution in [2.24, 2.45) is 28.6 Å². The Kier molecular flexibility index (Phi) is 7.22. The normalized spacial score (nSPS) is 39.0. The maximum atomic E-state index is 13.6. The maximum absolute atomic E-state index is 13.6. The molecule has 0 bridgehead atoms. The van der Waals surface area contributed by atoms with Crippen molar-refractivity contribution in [1.82, 2.24) is 0 Å². The van der Waals surface area contributed by atoms with Crippen LogP contribution in [-0.2, 0) is 23.9 Å². The lowest BCUT2D eigenvalue weighted by Gasteiger charge is -2.44. The Morgan fingerprint density at radius 1 is 1.22 bits per heavy atom. The molecule has 8 atom stereocenters. The summed E-state index contributed by atoms with van der Waals surface area (Å²) in [6, 6.07) is 0. The molecule has 4 aliphatic rings. The Bertz CT molecular complexity index is 1060. The van der Waals surface area contributed by atoms with Crippen molar-refractivity contribution in [2.75, 3.05) is 0 Å². The van der Waals surface area contributed by atoms with Crippen LogP contribution in [0.2, 0.25) is 0 Å². The van der Waals surface area contributed by atoms with Crippen LogP contribution in [0.5, 0.6) is 0 Å². The highest BCUT2D eigenvalue weighted by Crippen LogP contribution is 2.61. The topological polar surface area (TPSA) is 89.9 Å². The molecule has 6 nitrogen and oxygen atoms in total. The number of esters is 2. The first-order valence-electron chi connectivity index (χ1n) is 13.2. The van der Waals surface area contributed by atoms with Crippen LogP contribution >= 0.6 is 0 Å². The lowest BCUT2D eigenvalue weighted by molar-refractivity contribution is -0.166. The molecule has 0 aromatic rings. The highest BCUT2D eigenvalue weighted by Gasteiger charge is 2.70. The summed E-state index contributed by atoms with van der Waals surface area (Å²) in [7, 11) is 0. The third kappa shape index (κ3) is 4.31. The van der Waals surface area contributed by atoms with Gasteiger partial charge in [0.25, 0.3) is 0 Å². The van der Waals surface area contributed by atoms with Crippen molar-refractivity contribution < 1.29 is 29.0 Å².